The van der Waals surface area contributed by atoms with Crippen LogP contribution in [0.1, 0.15) is 32.6 Å². The number of hydrazine groups is 1. The zero-order chi connectivity index (χ0) is 14.4. The highest BCUT2D eigenvalue weighted by Crippen LogP contribution is 2.29. The molecule has 0 aliphatic heterocycles. The molecule has 0 saturated heterocycles. The highest BCUT2D eigenvalue weighted by Gasteiger charge is 2.24. The summed E-state index contributed by atoms with van der Waals surface area (Å²) in [5, 5.41) is 4.07. The summed E-state index contributed by atoms with van der Waals surface area (Å²) >= 11 is 1.92. The molecule has 0 aromatic carbocycles. The van der Waals surface area contributed by atoms with Gasteiger partial charge in [0.25, 0.3) is 0 Å². The third kappa shape index (κ3) is 4.11. The van der Waals surface area contributed by atoms with Crippen LogP contribution in [0.4, 0.5) is 11.9 Å². The molecular formula is C12H22N6OS. The van der Waals surface area contributed by atoms with Gasteiger partial charge in [0.05, 0.1) is 6.61 Å². The van der Waals surface area contributed by atoms with Crippen molar-refractivity contribution in [2.75, 3.05) is 23.6 Å². The first-order valence-corrected chi connectivity index (χ1v) is 8.18. The molecule has 7 nitrogen and oxygen atoms in total. The smallest absolute Gasteiger partial charge is 0.323 e. The van der Waals surface area contributed by atoms with Crippen LogP contribution in [0.15, 0.2) is 0 Å². The van der Waals surface area contributed by atoms with E-state index < -0.39 is 0 Å². The van der Waals surface area contributed by atoms with Gasteiger partial charge in [0.1, 0.15) is 0 Å². The molecule has 2 atom stereocenters. The summed E-state index contributed by atoms with van der Waals surface area (Å²) in [5.41, 5.74) is 2.44. The van der Waals surface area contributed by atoms with E-state index in [-0.39, 0.29) is 0 Å². The quantitative estimate of drug-likeness (QED) is 0.516. The van der Waals surface area contributed by atoms with Crippen molar-refractivity contribution in [2.45, 2.75) is 43.9 Å². The predicted molar refractivity (Wildman–Crippen MR) is 82.0 cm³/mol. The van der Waals surface area contributed by atoms with Gasteiger partial charge in [-0.25, -0.2) is 5.84 Å². The van der Waals surface area contributed by atoms with Crippen molar-refractivity contribution in [3.05, 3.63) is 0 Å². The maximum Gasteiger partial charge on any atom is 0.323 e. The molecule has 4 N–H and O–H groups in total. The number of nitrogens with one attached hydrogen (secondary N) is 2. The van der Waals surface area contributed by atoms with Crippen LogP contribution in [0.3, 0.4) is 0 Å². The number of rotatable bonds is 7. The Labute approximate surface area is 123 Å². The molecule has 1 heterocycles. The van der Waals surface area contributed by atoms with Gasteiger partial charge < -0.3 is 10.1 Å². The van der Waals surface area contributed by atoms with Gasteiger partial charge in [-0.15, -0.1) is 0 Å². The van der Waals surface area contributed by atoms with E-state index in [1.807, 2.05) is 18.7 Å². The molecule has 20 heavy (non-hydrogen) atoms. The highest BCUT2D eigenvalue weighted by atomic mass is 32.2. The standard InChI is InChI=1S/C12H22N6OS/c1-3-6-19-12-16-10(15-11(17-12)18-13)14-8-4-5-9(7-8)20-2/h8-9H,3-7,13H2,1-2H3,(H2,14,15,16,17,18). The zero-order valence-electron chi connectivity index (χ0n) is 11.9. The van der Waals surface area contributed by atoms with Crippen LogP contribution in [0.25, 0.3) is 0 Å². The van der Waals surface area contributed by atoms with Crippen molar-refractivity contribution in [1.82, 2.24) is 15.0 Å². The molecule has 0 amide bonds. The summed E-state index contributed by atoms with van der Waals surface area (Å²) in [6.45, 7) is 2.61. The van der Waals surface area contributed by atoms with Crippen LogP contribution < -0.4 is 21.3 Å². The van der Waals surface area contributed by atoms with Gasteiger partial charge in [0.15, 0.2) is 0 Å². The summed E-state index contributed by atoms with van der Waals surface area (Å²) in [4.78, 5) is 12.6. The van der Waals surface area contributed by atoms with Gasteiger partial charge in [-0.2, -0.15) is 26.7 Å². The first-order chi connectivity index (χ1) is 9.75. The summed E-state index contributed by atoms with van der Waals surface area (Å²) in [7, 11) is 0. The number of hydrogen-bond donors (Lipinski definition) is 3. The Balaban J connectivity index is 2.02. The van der Waals surface area contributed by atoms with E-state index in [2.05, 4.69) is 32.0 Å². The largest absolute Gasteiger partial charge is 0.463 e. The van der Waals surface area contributed by atoms with Crippen LogP contribution in [-0.2, 0) is 0 Å². The fourth-order valence-corrected chi connectivity index (χ4v) is 3.01. The van der Waals surface area contributed by atoms with Crippen LogP contribution >= 0.6 is 11.8 Å². The number of nitrogens with two attached hydrogens (primary N) is 1. The molecule has 1 fully saturated rings. The molecule has 1 aromatic rings. The van der Waals surface area contributed by atoms with Gasteiger partial charge in [0.2, 0.25) is 11.9 Å². The SMILES string of the molecule is CCCOc1nc(NN)nc(NC2CCC(SC)C2)n1. The van der Waals surface area contributed by atoms with Gasteiger partial charge in [-0.1, -0.05) is 6.92 Å². The van der Waals surface area contributed by atoms with Crippen molar-refractivity contribution in [3.8, 4) is 6.01 Å². The lowest BCUT2D eigenvalue weighted by atomic mass is 10.2. The van der Waals surface area contributed by atoms with Gasteiger partial charge >= 0.3 is 6.01 Å². The lowest BCUT2D eigenvalue weighted by Gasteiger charge is -2.14. The normalized spacial score (nSPS) is 21.8. The van der Waals surface area contributed by atoms with Crippen LogP contribution in [0.2, 0.25) is 0 Å². The number of nitrogen functional groups attached to an aromatic ring is 1. The monoisotopic (exact) mass is 298 g/mol. The zero-order valence-corrected chi connectivity index (χ0v) is 12.7. The lowest BCUT2D eigenvalue weighted by molar-refractivity contribution is 0.292. The molecular weight excluding hydrogens is 276 g/mol. The molecule has 1 aliphatic rings. The second kappa shape index (κ2) is 7.49. The first-order valence-electron chi connectivity index (χ1n) is 6.90. The number of anilines is 2. The summed E-state index contributed by atoms with van der Waals surface area (Å²) < 4.78 is 5.44. The second-order valence-corrected chi connectivity index (χ2v) is 5.91. The van der Waals surface area contributed by atoms with E-state index in [0.29, 0.717) is 30.6 Å². The average molecular weight is 298 g/mol. The van der Waals surface area contributed by atoms with Gasteiger partial charge in [0, 0.05) is 11.3 Å². The van der Waals surface area contributed by atoms with Crippen molar-refractivity contribution >= 4 is 23.7 Å². The van der Waals surface area contributed by atoms with E-state index in [0.717, 1.165) is 24.5 Å². The van der Waals surface area contributed by atoms with E-state index in [4.69, 9.17) is 10.6 Å². The van der Waals surface area contributed by atoms with Gasteiger partial charge in [-0.3, -0.25) is 5.43 Å². The molecule has 0 radical (unpaired) electrons. The number of thioether (sulfide) groups is 1. The third-order valence-corrected chi connectivity index (χ3v) is 4.33. The molecule has 0 spiro atoms. The Kier molecular flexibility index (Phi) is 5.66. The number of ether oxygens (including phenoxy) is 1. The molecule has 2 rings (SSSR count). The third-order valence-electron chi connectivity index (χ3n) is 3.23. The molecule has 0 bridgehead atoms. The minimum atomic E-state index is 0.303. The number of nitrogens with zero attached hydrogens (tertiary/aromatic N) is 3. The van der Waals surface area contributed by atoms with Crippen LogP contribution in [-0.4, -0.2) is 39.1 Å². The summed E-state index contributed by atoms with van der Waals surface area (Å²) in [6.07, 6.45) is 6.54. The summed E-state index contributed by atoms with van der Waals surface area (Å²) in [6, 6.07) is 0.705. The minimum Gasteiger partial charge on any atom is -0.463 e. The molecule has 1 aliphatic carbocycles. The Bertz CT molecular complexity index is 432. The number of hydrogen-bond acceptors (Lipinski definition) is 8. The van der Waals surface area contributed by atoms with Crippen molar-refractivity contribution in [3.63, 3.8) is 0 Å². The molecule has 1 aromatic heterocycles. The Morgan fingerprint density at radius 3 is 2.75 bits per heavy atom. The van der Waals surface area contributed by atoms with Crippen molar-refractivity contribution in [1.29, 1.82) is 0 Å². The highest BCUT2D eigenvalue weighted by molar-refractivity contribution is 7.99. The number of aromatic nitrogens is 3. The fraction of sp³-hybridized carbons (Fsp3) is 0.750. The predicted octanol–water partition coefficient (Wildman–Crippen LogP) is 1.64. The van der Waals surface area contributed by atoms with E-state index in [1.54, 1.807) is 0 Å². The van der Waals surface area contributed by atoms with Crippen molar-refractivity contribution < 1.29 is 4.74 Å². The van der Waals surface area contributed by atoms with Crippen LogP contribution in [0.5, 0.6) is 6.01 Å². The average Bonchev–Trinajstić information content (AvgIpc) is 2.92. The Morgan fingerprint density at radius 1 is 1.30 bits per heavy atom. The maximum atomic E-state index is 5.44. The molecule has 112 valence electrons. The summed E-state index contributed by atoms with van der Waals surface area (Å²) in [5.74, 6) is 6.21. The Hall–Kier alpha value is -1.28. The van der Waals surface area contributed by atoms with E-state index in [1.165, 1.54) is 6.42 Å². The molecule has 1 saturated carbocycles. The maximum absolute atomic E-state index is 5.44. The molecule has 2 unspecified atom stereocenters. The van der Waals surface area contributed by atoms with E-state index >= 15 is 0 Å². The first kappa shape index (κ1) is 15.1. The lowest BCUT2D eigenvalue weighted by Crippen LogP contribution is -2.20. The Morgan fingerprint density at radius 2 is 2.10 bits per heavy atom. The van der Waals surface area contributed by atoms with Crippen molar-refractivity contribution in [2.24, 2.45) is 5.84 Å². The van der Waals surface area contributed by atoms with Gasteiger partial charge in [-0.05, 0) is 31.9 Å². The second-order valence-electron chi connectivity index (χ2n) is 4.77. The molecule has 8 heteroatoms. The topological polar surface area (TPSA) is 98.0 Å². The van der Waals surface area contributed by atoms with E-state index in [9.17, 15) is 0 Å². The minimum absolute atomic E-state index is 0.303. The fourth-order valence-electron chi connectivity index (χ4n) is 2.21. The van der Waals surface area contributed by atoms with Crippen LogP contribution in [0, 0.1) is 0 Å².